The highest BCUT2D eigenvalue weighted by Gasteiger charge is 2.14. The first-order chi connectivity index (χ1) is 6.68. The Balaban J connectivity index is 2.48. The maximum atomic E-state index is 10.6. The number of aromatic nitrogens is 2. The van der Waals surface area contributed by atoms with E-state index in [1.807, 2.05) is 0 Å². The van der Waals surface area contributed by atoms with Gasteiger partial charge < -0.3 is 15.2 Å². The average Bonchev–Trinajstić information content (AvgIpc) is 2.62. The largest absolute Gasteiger partial charge is 0.480 e. The van der Waals surface area contributed by atoms with Crippen molar-refractivity contribution in [3.05, 3.63) is 36.3 Å². The van der Waals surface area contributed by atoms with Gasteiger partial charge in [0.2, 0.25) is 0 Å². The van der Waals surface area contributed by atoms with Gasteiger partial charge >= 0.3 is 5.97 Å². The third-order valence-electron chi connectivity index (χ3n) is 2.04. The highest BCUT2D eigenvalue weighted by atomic mass is 16.4. The first-order valence-electron chi connectivity index (χ1n) is 4.09. The number of carbonyl (C=O) groups is 1. The van der Waals surface area contributed by atoms with Crippen molar-refractivity contribution < 1.29 is 9.90 Å². The van der Waals surface area contributed by atoms with Crippen molar-refractivity contribution in [1.82, 2.24) is 9.38 Å². The Kier molecular flexibility index (Phi) is 1.94. The van der Waals surface area contributed by atoms with Crippen LogP contribution in [0.3, 0.4) is 0 Å². The molecular weight excluding hydrogens is 182 g/mol. The number of rotatable bonds is 2. The smallest absolute Gasteiger partial charge is 0.325 e. The standard InChI is InChI=1S/C9H9N3O2/c10-8(9(13)14)6-1-2-7-11-3-4-12(7)5-6/h1-5,8H,10H2,(H,13,14)/t8-/m0/s1. The number of hydrogen-bond acceptors (Lipinski definition) is 3. The second-order valence-corrected chi connectivity index (χ2v) is 2.97. The molecule has 0 amide bonds. The highest BCUT2D eigenvalue weighted by molar-refractivity contribution is 5.75. The fourth-order valence-electron chi connectivity index (χ4n) is 1.26. The van der Waals surface area contributed by atoms with Gasteiger partial charge in [0.25, 0.3) is 0 Å². The van der Waals surface area contributed by atoms with E-state index < -0.39 is 12.0 Å². The summed E-state index contributed by atoms with van der Waals surface area (Å²) in [7, 11) is 0. The maximum absolute atomic E-state index is 10.6. The van der Waals surface area contributed by atoms with Gasteiger partial charge in [-0.3, -0.25) is 4.79 Å². The van der Waals surface area contributed by atoms with E-state index in [1.165, 1.54) is 0 Å². The lowest BCUT2D eigenvalue weighted by Crippen LogP contribution is -2.20. The van der Waals surface area contributed by atoms with Crippen LogP contribution in [0.4, 0.5) is 0 Å². The van der Waals surface area contributed by atoms with Gasteiger partial charge in [-0.1, -0.05) is 6.07 Å². The molecule has 2 aromatic rings. The number of imidazole rings is 1. The van der Waals surface area contributed by atoms with E-state index in [4.69, 9.17) is 10.8 Å². The first-order valence-corrected chi connectivity index (χ1v) is 4.09. The summed E-state index contributed by atoms with van der Waals surface area (Å²) in [6.07, 6.45) is 5.06. The monoisotopic (exact) mass is 191 g/mol. The third-order valence-corrected chi connectivity index (χ3v) is 2.04. The third kappa shape index (κ3) is 1.33. The summed E-state index contributed by atoms with van der Waals surface area (Å²) in [4.78, 5) is 14.7. The molecule has 0 unspecified atom stereocenters. The van der Waals surface area contributed by atoms with Gasteiger partial charge in [0.05, 0.1) is 0 Å². The van der Waals surface area contributed by atoms with Crippen LogP contribution in [-0.2, 0) is 4.79 Å². The predicted molar refractivity (Wildman–Crippen MR) is 49.8 cm³/mol. The van der Waals surface area contributed by atoms with Crippen molar-refractivity contribution in [2.75, 3.05) is 0 Å². The Morgan fingerprint density at radius 1 is 1.57 bits per heavy atom. The molecule has 2 rings (SSSR count). The molecule has 0 saturated heterocycles. The van der Waals surface area contributed by atoms with E-state index in [9.17, 15) is 4.79 Å². The molecule has 0 bridgehead atoms. The van der Waals surface area contributed by atoms with Gasteiger partial charge in [-0.05, 0) is 11.6 Å². The average molecular weight is 191 g/mol. The topological polar surface area (TPSA) is 80.6 Å². The highest BCUT2D eigenvalue weighted by Crippen LogP contribution is 2.11. The Morgan fingerprint density at radius 2 is 2.36 bits per heavy atom. The number of nitrogens with two attached hydrogens (primary N) is 1. The minimum absolute atomic E-state index is 0.558. The normalized spacial score (nSPS) is 12.9. The lowest BCUT2D eigenvalue weighted by atomic mass is 10.1. The quantitative estimate of drug-likeness (QED) is 0.720. The Hall–Kier alpha value is -1.88. The minimum atomic E-state index is -1.04. The van der Waals surface area contributed by atoms with Crippen LogP contribution >= 0.6 is 0 Å². The van der Waals surface area contributed by atoms with E-state index in [1.54, 1.807) is 35.1 Å². The maximum Gasteiger partial charge on any atom is 0.325 e. The van der Waals surface area contributed by atoms with Crippen molar-refractivity contribution in [1.29, 1.82) is 0 Å². The minimum Gasteiger partial charge on any atom is -0.480 e. The molecule has 0 aliphatic heterocycles. The van der Waals surface area contributed by atoms with Crippen LogP contribution in [0.25, 0.3) is 5.65 Å². The number of fused-ring (bicyclic) bond motifs is 1. The molecule has 5 heteroatoms. The zero-order valence-electron chi connectivity index (χ0n) is 7.29. The molecule has 0 spiro atoms. The molecule has 5 nitrogen and oxygen atoms in total. The van der Waals surface area contributed by atoms with E-state index in [2.05, 4.69) is 4.98 Å². The number of pyridine rings is 1. The molecule has 0 aliphatic carbocycles. The molecule has 14 heavy (non-hydrogen) atoms. The molecule has 2 aromatic heterocycles. The van der Waals surface area contributed by atoms with Crippen molar-refractivity contribution in [3.8, 4) is 0 Å². The van der Waals surface area contributed by atoms with Gasteiger partial charge in [-0.25, -0.2) is 4.98 Å². The number of hydrogen-bond donors (Lipinski definition) is 2. The molecule has 0 fully saturated rings. The fourth-order valence-corrected chi connectivity index (χ4v) is 1.26. The van der Waals surface area contributed by atoms with Gasteiger partial charge in [-0.2, -0.15) is 0 Å². The first kappa shape index (κ1) is 8.71. The Bertz CT molecular complexity index is 478. The van der Waals surface area contributed by atoms with Crippen molar-refractivity contribution >= 4 is 11.6 Å². The zero-order chi connectivity index (χ0) is 10.1. The molecule has 0 radical (unpaired) electrons. The van der Waals surface area contributed by atoms with E-state index in [-0.39, 0.29) is 0 Å². The van der Waals surface area contributed by atoms with Crippen LogP contribution in [-0.4, -0.2) is 20.5 Å². The lowest BCUT2D eigenvalue weighted by Gasteiger charge is -2.06. The van der Waals surface area contributed by atoms with Crippen LogP contribution in [0.1, 0.15) is 11.6 Å². The van der Waals surface area contributed by atoms with Crippen molar-refractivity contribution in [2.45, 2.75) is 6.04 Å². The molecule has 0 saturated carbocycles. The van der Waals surface area contributed by atoms with Gasteiger partial charge in [-0.15, -0.1) is 0 Å². The lowest BCUT2D eigenvalue weighted by molar-refractivity contribution is -0.138. The second kappa shape index (κ2) is 3.12. The number of carboxylic acid groups (broad SMARTS) is 1. The Morgan fingerprint density at radius 3 is 3.07 bits per heavy atom. The molecule has 1 atom stereocenters. The number of aliphatic carboxylic acids is 1. The number of carboxylic acids is 1. The fraction of sp³-hybridized carbons (Fsp3) is 0.111. The molecular formula is C9H9N3O2. The van der Waals surface area contributed by atoms with Crippen LogP contribution in [0.15, 0.2) is 30.7 Å². The van der Waals surface area contributed by atoms with Crippen LogP contribution < -0.4 is 5.73 Å². The Labute approximate surface area is 79.8 Å². The summed E-state index contributed by atoms with van der Waals surface area (Å²) >= 11 is 0. The van der Waals surface area contributed by atoms with Gasteiger partial charge in [0.15, 0.2) is 0 Å². The second-order valence-electron chi connectivity index (χ2n) is 2.97. The summed E-state index contributed by atoms with van der Waals surface area (Å²) < 4.78 is 1.73. The van der Waals surface area contributed by atoms with Gasteiger partial charge in [0.1, 0.15) is 11.7 Å². The molecule has 3 N–H and O–H groups in total. The van der Waals surface area contributed by atoms with E-state index in [0.29, 0.717) is 5.56 Å². The summed E-state index contributed by atoms with van der Waals surface area (Å²) in [5, 5.41) is 8.71. The molecule has 0 aromatic carbocycles. The summed E-state index contributed by atoms with van der Waals surface area (Å²) in [6.45, 7) is 0. The van der Waals surface area contributed by atoms with Crippen molar-refractivity contribution in [3.63, 3.8) is 0 Å². The van der Waals surface area contributed by atoms with E-state index >= 15 is 0 Å². The SMILES string of the molecule is N[C@H](C(=O)O)c1ccc2nccn2c1. The van der Waals surface area contributed by atoms with Crippen molar-refractivity contribution in [2.24, 2.45) is 5.73 Å². The van der Waals surface area contributed by atoms with E-state index in [0.717, 1.165) is 5.65 Å². The van der Waals surface area contributed by atoms with Crippen LogP contribution in [0.2, 0.25) is 0 Å². The van der Waals surface area contributed by atoms with Gasteiger partial charge in [0, 0.05) is 18.6 Å². The van der Waals surface area contributed by atoms with Crippen LogP contribution in [0.5, 0.6) is 0 Å². The molecule has 72 valence electrons. The summed E-state index contributed by atoms with van der Waals surface area (Å²) in [5.41, 5.74) is 6.79. The zero-order valence-corrected chi connectivity index (χ0v) is 7.29. The summed E-state index contributed by atoms with van der Waals surface area (Å²) in [5.74, 6) is -1.04. The predicted octanol–water partition coefficient (Wildman–Crippen LogP) is 0.419. The van der Waals surface area contributed by atoms with Crippen LogP contribution in [0, 0.1) is 0 Å². The number of nitrogens with zero attached hydrogens (tertiary/aromatic N) is 2. The summed E-state index contributed by atoms with van der Waals surface area (Å²) in [6, 6.07) is 2.42. The molecule has 2 heterocycles. The molecule has 0 aliphatic rings.